The van der Waals surface area contributed by atoms with Crippen molar-refractivity contribution in [2.24, 2.45) is 0 Å². The second-order valence-corrected chi connectivity index (χ2v) is 9.76. The van der Waals surface area contributed by atoms with Gasteiger partial charge in [-0.3, -0.25) is 0 Å². The smallest absolute Gasteiger partial charge is 0.333 e. The minimum absolute atomic E-state index is 0.154. The number of aromatic hydroxyl groups is 1. The summed E-state index contributed by atoms with van der Waals surface area (Å²) in [5, 5.41) is 10.9. The molecule has 0 saturated carbocycles. The molecule has 0 aliphatic rings. The summed E-state index contributed by atoms with van der Waals surface area (Å²) >= 11 is 0. The van der Waals surface area contributed by atoms with Gasteiger partial charge < -0.3 is 14.6 Å². The second-order valence-electron chi connectivity index (χ2n) is 9.76. The van der Waals surface area contributed by atoms with E-state index >= 15 is 0 Å². The maximum Gasteiger partial charge on any atom is 0.333 e. The number of carbonyl (C=O) groups excluding carboxylic acids is 1. The number of phenols is 1. The molecule has 0 aliphatic carbocycles. The van der Waals surface area contributed by atoms with Crippen molar-refractivity contribution in [3.8, 4) is 11.5 Å². The maximum atomic E-state index is 12.1. The Kier molecular flexibility index (Phi) is 7.02. The number of esters is 1. The normalized spacial score (nSPS) is 12.9. The van der Waals surface area contributed by atoms with E-state index in [-0.39, 0.29) is 17.4 Å². The summed E-state index contributed by atoms with van der Waals surface area (Å²) in [6, 6.07) is 13.2. The zero-order valence-corrected chi connectivity index (χ0v) is 19.2. The van der Waals surface area contributed by atoms with E-state index in [9.17, 15) is 9.90 Å². The van der Waals surface area contributed by atoms with E-state index in [0.717, 1.165) is 16.7 Å². The Labute approximate surface area is 180 Å². The van der Waals surface area contributed by atoms with E-state index < -0.39 is 12.1 Å². The van der Waals surface area contributed by atoms with Crippen LogP contribution in [0.15, 0.2) is 54.6 Å². The van der Waals surface area contributed by atoms with Crippen LogP contribution in [0.4, 0.5) is 0 Å². The monoisotopic (exact) mass is 410 g/mol. The molecular weight excluding hydrogens is 376 g/mol. The summed E-state index contributed by atoms with van der Waals surface area (Å²) in [6.07, 6.45) is -0.569. The van der Waals surface area contributed by atoms with Gasteiger partial charge in [-0.2, -0.15) is 0 Å². The van der Waals surface area contributed by atoms with Crippen LogP contribution in [0.5, 0.6) is 11.5 Å². The van der Waals surface area contributed by atoms with Crippen LogP contribution in [0.2, 0.25) is 0 Å². The fraction of sp³-hybridized carbons (Fsp3) is 0.423. The van der Waals surface area contributed by atoms with Crippen molar-refractivity contribution in [3.05, 3.63) is 71.3 Å². The van der Waals surface area contributed by atoms with Gasteiger partial charge in [0.25, 0.3) is 0 Å². The number of benzene rings is 2. The molecule has 2 aromatic rings. The van der Waals surface area contributed by atoms with Crippen LogP contribution in [-0.2, 0) is 20.4 Å². The number of ether oxygens (including phenoxy) is 2. The summed E-state index contributed by atoms with van der Waals surface area (Å²) in [5.74, 6) is 0.481. The van der Waals surface area contributed by atoms with Crippen molar-refractivity contribution in [1.29, 1.82) is 0 Å². The van der Waals surface area contributed by atoms with E-state index in [4.69, 9.17) is 9.47 Å². The van der Waals surface area contributed by atoms with E-state index in [0.29, 0.717) is 17.1 Å². The molecule has 1 atom stereocenters. The summed E-state index contributed by atoms with van der Waals surface area (Å²) in [6.45, 7) is 17.8. The van der Waals surface area contributed by atoms with Crippen LogP contribution < -0.4 is 4.74 Å². The predicted octanol–water partition coefficient (Wildman–Crippen LogP) is 6.23. The average Bonchev–Trinajstić information content (AvgIpc) is 2.64. The van der Waals surface area contributed by atoms with Gasteiger partial charge in [0.2, 0.25) is 0 Å². The lowest BCUT2D eigenvalue weighted by Crippen LogP contribution is -2.20. The third-order valence-corrected chi connectivity index (χ3v) is 4.87. The van der Waals surface area contributed by atoms with Crippen molar-refractivity contribution in [3.63, 3.8) is 0 Å². The van der Waals surface area contributed by atoms with Crippen LogP contribution in [0.3, 0.4) is 0 Å². The maximum absolute atomic E-state index is 12.1. The SMILES string of the molecule is C=C(C)C(=O)OC(COc1cc(C(C)(C)C)c(O)c(C(C)(C)C)c1)c1ccccc1. The number of carbonyl (C=O) groups is 1. The Hall–Kier alpha value is -2.75. The number of phenolic OH excluding ortho intramolecular Hbond substituents is 1. The lowest BCUT2D eigenvalue weighted by molar-refractivity contribution is -0.146. The zero-order chi connectivity index (χ0) is 22.7. The molecule has 1 N–H and O–H groups in total. The Bertz CT molecular complexity index is 864. The molecule has 2 aromatic carbocycles. The molecule has 0 spiro atoms. The first-order chi connectivity index (χ1) is 13.8. The van der Waals surface area contributed by atoms with Crippen molar-refractivity contribution >= 4 is 5.97 Å². The third-order valence-electron chi connectivity index (χ3n) is 4.87. The highest BCUT2D eigenvalue weighted by molar-refractivity contribution is 5.87. The largest absolute Gasteiger partial charge is 0.507 e. The van der Waals surface area contributed by atoms with E-state index in [2.05, 4.69) is 48.1 Å². The molecule has 4 heteroatoms. The average molecular weight is 411 g/mol. The first kappa shape index (κ1) is 23.5. The second kappa shape index (κ2) is 8.95. The predicted molar refractivity (Wildman–Crippen MR) is 121 cm³/mol. The number of hydrogen-bond acceptors (Lipinski definition) is 4. The fourth-order valence-electron chi connectivity index (χ4n) is 3.10. The van der Waals surface area contributed by atoms with Crippen molar-refractivity contribution in [2.75, 3.05) is 6.61 Å². The van der Waals surface area contributed by atoms with Crippen molar-refractivity contribution in [2.45, 2.75) is 65.4 Å². The summed E-state index contributed by atoms with van der Waals surface area (Å²) in [4.78, 5) is 12.1. The van der Waals surface area contributed by atoms with E-state index in [1.807, 2.05) is 42.5 Å². The molecule has 30 heavy (non-hydrogen) atoms. The first-order valence-corrected chi connectivity index (χ1v) is 10.2. The Morgan fingerprint density at radius 1 is 1.00 bits per heavy atom. The van der Waals surface area contributed by atoms with E-state index in [1.165, 1.54) is 0 Å². The van der Waals surface area contributed by atoms with Crippen molar-refractivity contribution < 1.29 is 19.4 Å². The van der Waals surface area contributed by atoms with Crippen LogP contribution in [-0.4, -0.2) is 17.7 Å². The van der Waals surface area contributed by atoms with Gasteiger partial charge in [0.1, 0.15) is 18.1 Å². The molecule has 0 bridgehead atoms. The molecular formula is C26H34O4. The zero-order valence-electron chi connectivity index (χ0n) is 19.2. The molecule has 0 amide bonds. The van der Waals surface area contributed by atoms with Gasteiger partial charge in [-0.15, -0.1) is 0 Å². The van der Waals surface area contributed by atoms with Gasteiger partial charge in [-0.05, 0) is 35.4 Å². The van der Waals surface area contributed by atoms with Gasteiger partial charge in [0, 0.05) is 16.7 Å². The van der Waals surface area contributed by atoms with Gasteiger partial charge in [0.05, 0.1) is 0 Å². The van der Waals surface area contributed by atoms with Gasteiger partial charge in [-0.25, -0.2) is 4.79 Å². The quantitative estimate of drug-likeness (QED) is 0.453. The Morgan fingerprint density at radius 3 is 1.93 bits per heavy atom. The lowest BCUT2D eigenvalue weighted by Gasteiger charge is -2.28. The first-order valence-electron chi connectivity index (χ1n) is 10.2. The van der Waals surface area contributed by atoms with Gasteiger partial charge in [-0.1, -0.05) is 78.5 Å². The van der Waals surface area contributed by atoms with Crippen LogP contribution in [0, 0.1) is 0 Å². The van der Waals surface area contributed by atoms with Crippen LogP contribution >= 0.6 is 0 Å². The molecule has 162 valence electrons. The van der Waals surface area contributed by atoms with Crippen LogP contribution in [0.25, 0.3) is 0 Å². The molecule has 0 radical (unpaired) electrons. The molecule has 0 heterocycles. The standard InChI is InChI=1S/C26H34O4/c1-17(2)24(28)30-22(18-12-10-9-11-13-18)16-29-19-14-20(25(3,4)5)23(27)21(15-19)26(6,7)8/h9-15,22,27H,1,16H2,2-8H3. The fourth-order valence-corrected chi connectivity index (χ4v) is 3.10. The number of hydrogen-bond donors (Lipinski definition) is 1. The molecule has 4 nitrogen and oxygen atoms in total. The lowest BCUT2D eigenvalue weighted by atomic mass is 9.79. The van der Waals surface area contributed by atoms with Crippen LogP contribution in [0.1, 0.15) is 71.3 Å². The molecule has 2 rings (SSSR count). The minimum Gasteiger partial charge on any atom is -0.507 e. The van der Waals surface area contributed by atoms with Gasteiger partial charge >= 0.3 is 5.97 Å². The van der Waals surface area contributed by atoms with Crippen molar-refractivity contribution in [1.82, 2.24) is 0 Å². The summed E-state index contributed by atoms with van der Waals surface area (Å²) in [7, 11) is 0. The number of rotatable bonds is 6. The highest BCUT2D eigenvalue weighted by atomic mass is 16.6. The molecule has 0 saturated heterocycles. The van der Waals surface area contributed by atoms with E-state index in [1.54, 1.807) is 6.92 Å². The van der Waals surface area contributed by atoms with Gasteiger partial charge in [0.15, 0.2) is 6.10 Å². The molecule has 0 fully saturated rings. The topological polar surface area (TPSA) is 55.8 Å². The Morgan fingerprint density at radius 2 is 1.50 bits per heavy atom. The highest BCUT2D eigenvalue weighted by Gasteiger charge is 2.27. The molecule has 0 aliphatic heterocycles. The summed E-state index contributed by atoms with van der Waals surface area (Å²) in [5.41, 5.74) is 2.31. The third kappa shape index (κ3) is 5.88. The Balaban J connectivity index is 2.39. The molecule has 0 aromatic heterocycles. The highest BCUT2D eigenvalue weighted by Crippen LogP contribution is 2.41. The minimum atomic E-state index is -0.569. The molecule has 1 unspecified atom stereocenters. The summed E-state index contributed by atoms with van der Waals surface area (Å²) < 4.78 is 11.7.